The molecule has 0 saturated carbocycles. The van der Waals surface area contributed by atoms with Crippen LogP contribution in [0.5, 0.6) is 5.75 Å². The first-order chi connectivity index (χ1) is 7.79. The van der Waals surface area contributed by atoms with E-state index < -0.39 is 0 Å². The second-order valence-electron chi connectivity index (χ2n) is 4.60. The first kappa shape index (κ1) is 11.3. The van der Waals surface area contributed by atoms with Gasteiger partial charge in [0.2, 0.25) is 0 Å². The van der Waals surface area contributed by atoms with E-state index in [4.69, 9.17) is 4.74 Å². The van der Waals surface area contributed by atoms with Crippen LogP contribution in [-0.4, -0.2) is 6.61 Å². The highest BCUT2D eigenvalue weighted by Gasteiger charge is 2.10. The molecule has 0 bridgehead atoms. The van der Waals surface area contributed by atoms with Gasteiger partial charge in [-0.05, 0) is 42.0 Å². The van der Waals surface area contributed by atoms with Crippen LogP contribution in [0.1, 0.15) is 37.8 Å². The standard InChI is InChI=1S/C15H20O/c1-3-4-9-16-15-8-7-13-6-5-12(2)10-14(13)11-15/h5-8,11-12H,3-4,9-10H2,1-2H3/t12-/m0/s1. The molecule has 0 radical (unpaired) electrons. The Bertz CT molecular complexity index is 379. The predicted molar refractivity (Wildman–Crippen MR) is 68.7 cm³/mol. The van der Waals surface area contributed by atoms with Crippen molar-refractivity contribution in [2.24, 2.45) is 5.92 Å². The molecule has 1 aromatic rings. The minimum Gasteiger partial charge on any atom is -0.494 e. The average molecular weight is 216 g/mol. The van der Waals surface area contributed by atoms with Gasteiger partial charge in [0.1, 0.15) is 5.75 Å². The quantitative estimate of drug-likeness (QED) is 0.689. The molecule has 0 N–H and O–H groups in total. The third-order valence-corrected chi connectivity index (χ3v) is 3.03. The Hall–Kier alpha value is -1.24. The van der Waals surface area contributed by atoms with Crippen molar-refractivity contribution in [3.8, 4) is 5.75 Å². The average Bonchev–Trinajstić information content (AvgIpc) is 2.29. The van der Waals surface area contributed by atoms with Gasteiger partial charge in [0, 0.05) is 0 Å². The molecule has 0 fully saturated rings. The fourth-order valence-corrected chi connectivity index (χ4v) is 2.03. The molecule has 0 heterocycles. The van der Waals surface area contributed by atoms with Crippen LogP contribution >= 0.6 is 0 Å². The van der Waals surface area contributed by atoms with Gasteiger partial charge in [-0.2, -0.15) is 0 Å². The zero-order valence-electron chi connectivity index (χ0n) is 10.2. The molecule has 1 aliphatic carbocycles. The molecule has 2 rings (SSSR count). The van der Waals surface area contributed by atoms with Crippen molar-refractivity contribution in [2.75, 3.05) is 6.61 Å². The Kier molecular flexibility index (Phi) is 3.66. The monoisotopic (exact) mass is 216 g/mol. The van der Waals surface area contributed by atoms with Crippen LogP contribution in [0.2, 0.25) is 0 Å². The van der Waals surface area contributed by atoms with E-state index in [9.17, 15) is 0 Å². The number of unbranched alkanes of at least 4 members (excludes halogenated alkanes) is 1. The molecule has 0 spiro atoms. The van der Waals surface area contributed by atoms with Crippen LogP contribution in [-0.2, 0) is 6.42 Å². The molecule has 0 aliphatic heterocycles. The maximum atomic E-state index is 5.72. The zero-order chi connectivity index (χ0) is 11.4. The lowest BCUT2D eigenvalue weighted by Gasteiger charge is -2.17. The molecular weight excluding hydrogens is 196 g/mol. The van der Waals surface area contributed by atoms with Crippen molar-refractivity contribution in [2.45, 2.75) is 33.1 Å². The first-order valence-electron chi connectivity index (χ1n) is 6.23. The number of fused-ring (bicyclic) bond motifs is 1. The SMILES string of the molecule is CCCCOc1ccc2c(c1)C[C@@H](C)C=C2. The van der Waals surface area contributed by atoms with Crippen LogP contribution in [0.4, 0.5) is 0 Å². The summed E-state index contributed by atoms with van der Waals surface area (Å²) in [4.78, 5) is 0. The smallest absolute Gasteiger partial charge is 0.119 e. The molecule has 1 nitrogen and oxygen atoms in total. The fourth-order valence-electron chi connectivity index (χ4n) is 2.03. The van der Waals surface area contributed by atoms with Gasteiger partial charge in [-0.25, -0.2) is 0 Å². The normalized spacial score (nSPS) is 18.2. The minimum atomic E-state index is 0.651. The summed E-state index contributed by atoms with van der Waals surface area (Å²) in [5.41, 5.74) is 2.77. The Morgan fingerprint density at radius 3 is 3.06 bits per heavy atom. The van der Waals surface area contributed by atoms with Crippen LogP contribution in [0, 0.1) is 5.92 Å². The minimum absolute atomic E-state index is 0.651. The number of hydrogen-bond donors (Lipinski definition) is 0. The van der Waals surface area contributed by atoms with E-state index in [-0.39, 0.29) is 0 Å². The van der Waals surface area contributed by atoms with Gasteiger partial charge >= 0.3 is 0 Å². The molecular formula is C15H20O. The lowest BCUT2D eigenvalue weighted by Crippen LogP contribution is -2.04. The number of ether oxygens (including phenoxy) is 1. The van der Waals surface area contributed by atoms with Crippen LogP contribution in [0.15, 0.2) is 24.3 Å². The van der Waals surface area contributed by atoms with E-state index in [1.54, 1.807) is 0 Å². The summed E-state index contributed by atoms with van der Waals surface area (Å²) >= 11 is 0. The summed E-state index contributed by atoms with van der Waals surface area (Å²) in [6, 6.07) is 6.44. The molecule has 86 valence electrons. The van der Waals surface area contributed by atoms with Crippen molar-refractivity contribution in [3.05, 3.63) is 35.4 Å². The van der Waals surface area contributed by atoms with E-state index >= 15 is 0 Å². The van der Waals surface area contributed by atoms with Gasteiger partial charge in [0.15, 0.2) is 0 Å². The third-order valence-electron chi connectivity index (χ3n) is 3.03. The fraction of sp³-hybridized carbons (Fsp3) is 0.467. The van der Waals surface area contributed by atoms with Gasteiger partial charge in [-0.3, -0.25) is 0 Å². The van der Waals surface area contributed by atoms with Crippen molar-refractivity contribution in [1.82, 2.24) is 0 Å². The van der Waals surface area contributed by atoms with Gasteiger partial charge in [-0.1, -0.05) is 38.5 Å². The largest absolute Gasteiger partial charge is 0.494 e. The molecule has 1 atom stereocenters. The summed E-state index contributed by atoms with van der Waals surface area (Å²) in [5.74, 6) is 1.67. The number of hydrogen-bond acceptors (Lipinski definition) is 1. The van der Waals surface area contributed by atoms with E-state index in [0.29, 0.717) is 5.92 Å². The van der Waals surface area contributed by atoms with Gasteiger partial charge in [0.25, 0.3) is 0 Å². The molecule has 0 unspecified atom stereocenters. The number of benzene rings is 1. The molecule has 1 aliphatic rings. The van der Waals surface area contributed by atoms with Crippen molar-refractivity contribution < 1.29 is 4.74 Å². The van der Waals surface area contributed by atoms with E-state index in [0.717, 1.165) is 25.2 Å². The maximum absolute atomic E-state index is 5.72. The Morgan fingerprint density at radius 1 is 1.38 bits per heavy atom. The molecule has 0 aromatic heterocycles. The van der Waals surface area contributed by atoms with Crippen molar-refractivity contribution in [1.29, 1.82) is 0 Å². The van der Waals surface area contributed by atoms with Gasteiger partial charge in [0.05, 0.1) is 6.61 Å². The third kappa shape index (κ3) is 2.66. The van der Waals surface area contributed by atoms with E-state index in [1.165, 1.54) is 17.5 Å². The molecule has 1 aromatic carbocycles. The summed E-state index contributed by atoms with van der Waals surface area (Å²) in [7, 11) is 0. The molecule has 0 saturated heterocycles. The highest BCUT2D eigenvalue weighted by Crippen LogP contribution is 2.26. The lowest BCUT2D eigenvalue weighted by molar-refractivity contribution is 0.309. The topological polar surface area (TPSA) is 9.23 Å². The predicted octanol–water partition coefficient (Wildman–Crippen LogP) is 4.07. The number of rotatable bonds is 4. The Morgan fingerprint density at radius 2 is 2.25 bits per heavy atom. The highest BCUT2D eigenvalue weighted by atomic mass is 16.5. The summed E-state index contributed by atoms with van der Waals surface area (Å²) in [6.07, 6.45) is 7.95. The van der Waals surface area contributed by atoms with Crippen LogP contribution in [0.3, 0.4) is 0 Å². The zero-order valence-corrected chi connectivity index (χ0v) is 10.2. The van der Waals surface area contributed by atoms with Gasteiger partial charge in [-0.15, -0.1) is 0 Å². The number of allylic oxidation sites excluding steroid dienone is 1. The lowest BCUT2D eigenvalue weighted by atomic mass is 9.91. The summed E-state index contributed by atoms with van der Waals surface area (Å²) in [6.45, 7) is 5.27. The van der Waals surface area contributed by atoms with Gasteiger partial charge < -0.3 is 4.74 Å². The summed E-state index contributed by atoms with van der Waals surface area (Å²) in [5, 5.41) is 0. The van der Waals surface area contributed by atoms with Crippen LogP contribution in [0.25, 0.3) is 6.08 Å². The van der Waals surface area contributed by atoms with E-state index in [2.05, 4.69) is 44.2 Å². The second-order valence-corrected chi connectivity index (χ2v) is 4.60. The van der Waals surface area contributed by atoms with Crippen molar-refractivity contribution >= 4 is 6.08 Å². The summed E-state index contributed by atoms with van der Waals surface area (Å²) < 4.78 is 5.72. The molecule has 16 heavy (non-hydrogen) atoms. The van der Waals surface area contributed by atoms with E-state index in [1.807, 2.05) is 0 Å². The van der Waals surface area contributed by atoms with Crippen LogP contribution < -0.4 is 4.74 Å². The maximum Gasteiger partial charge on any atom is 0.119 e. The first-order valence-corrected chi connectivity index (χ1v) is 6.23. The van der Waals surface area contributed by atoms with Crippen molar-refractivity contribution in [3.63, 3.8) is 0 Å². The Balaban J connectivity index is 2.07. The molecule has 1 heteroatoms. The second kappa shape index (κ2) is 5.20. The molecule has 0 amide bonds. The highest BCUT2D eigenvalue weighted by molar-refractivity contribution is 5.58. The Labute approximate surface area is 98.1 Å².